The van der Waals surface area contributed by atoms with E-state index in [1.807, 2.05) is 0 Å². The van der Waals surface area contributed by atoms with Crippen LogP contribution in [0.2, 0.25) is 0 Å². The molecule has 2 amide bonds. The molecule has 1 aromatic carbocycles. The second-order valence-electron chi connectivity index (χ2n) is 6.19. The normalized spacial score (nSPS) is 16.0. The molecule has 4 nitrogen and oxygen atoms in total. The maximum atomic E-state index is 12.8. The molecule has 3 rings (SSSR count). The summed E-state index contributed by atoms with van der Waals surface area (Å²) in [4.78, 5) is 14.4. The molecule has 0 atom stereocenters. The van der Waals surface area contributed by atoms with Gasteiger partial charge in [0, 0.05) is 18.8 Å². The number of carbonyl (C=O) groups excluding carboxylic acids is 1. The molecule has 6 heteroatoms. The molecule has 0 aliphatic carbocycles. The molecular weight excluding hydrogens is 325 g/mol. The molecule has 0 bridgehead atoms. The highest BCUT2D eigenvalue weighted by atomic mass is 32.1. The van der Waals surface area contributed by atoms with Crippen LogP contribution in [0.4, 0.5) is 14.9 Å². The predicted molar refractivity (Wildman–Crippen MR) is 95.7 cm³/mol. The standard InChI is InChI=1S/C18H22FN3OS/c19-16-1-3-17(4-2-16)21-18(23)20-11-14-5-8-22(9-6-14)12-15-7-10-24-13-15/h1-4,7,10,13-14H,5-6,8-9,11-12H2,(H2,20,21,23). The summed E-state index contributed by atoms with van der Waals surface area (Å²) >= 11 is 1.74. The predicted octanol–water partition coefficient (Wildman–Crippen LogP) is 3.92. The van der Waals surface area contributed by atoms with Gasteiger partial charge in [-0.2, -0.15) is 11.3 Å². The van der Waals surface area contributed by atoms with Gasteiger partial charge in [-0.3, -0.25) is 4.90 Å². The smallest absolute Gasteiger partial charge is 0.319 e. The molecule has 0 radical (unpaired) electrons. The molecule has 1 aromatic heterocycles. The zero-order chi connectivity index (χ0) is 16.8. The fraction of sp³-hybridized carbons (Fsp3) is 0.389. The molecule has 0 spiro atoms. The van der Waals surface area contributed by atoms with E-state index in [-0.39, 0.29) is 11.8 Å². The summed E-state index contributed by atoms with van der Waals surface area (Å²) in [6.45, 7) is 3.84. The molecule has 1 aliphatic heterocycles. The van der Waals surface area contributed by atoms with E-state index >= 15 is 0 Å². The summed E-state index contributed by atoms with van der Waals surface area (Å²) in [5, 5.41) is 9.96. The Morgan fingerprint density at radius 1 is 1.21 bits per heavy atom. The van der Waals surface area contributed by atoms with Crippen LogP contribution in [-0.4, -0.2) is 30.6 Å². The Kier molecular flexibility index (Phi) is 5.82. The van der Waals surface area contributed by atoms with Gasteiger partial charge >= 0.3 is 6.03 Å². The first-order valence-corrected chi connectivity index (χ1v) is 9.17. The summed E-state index contributed by atoms with van der Waals surface area (Å²) in [5.74, 6) is 0.206. The SMILES string of the molecule is O=C(NCC1CCN(Cc2ccsc2)CC1)Nc1ccc(F)cc1. The van der Waals surface area contributed by atoms with E-state index in [0.29, 0.717) is 18.2 Å². The second-order valence-corrected chi connectivity index (χ2v) is 6.97. The summed E-state index contributed by atoms with van der Waals surface area (Å²) in [6.07, 6.45) is 2.20. The molecule has 2 heterocycles. The van der Waals surface area contributed by atoms with Crippen molar-refractivity contribution >= 4 is 23.1 Å². The molecule has 0 unspecified atom stereocenters. The van der Waals surface area contributed by atoms with Crippen molar-refractivity contribution < 1.29 is 9.18 Å². The van der Waals surface area contributed by atoms with Crippen molar-refractivity contribution in [3.05, 3.63) is 52.5 Å². The van der Waals surface area contributed by atoms with Gasteiger partial charge in [-0.15, -0.1) is 0 Å². The summed E-state index contributed by atoms with van der Waals surface area (Å²) in [6, 6.07) is 7.72. The first-order valence-electron chi connectivity index (χ1n) is 8.23. The van der Waals surface area contributed by atoms with Gasteiger partial charge in [0.15, 0.2) is 0 Å². The highest BCUT2D eigenvalue weighted by molar-refractivity contribution is 7.07. The number of hydrogen-bond acceptors (Lipinski definition) is 3. The number of likely N-dealkylation sites (tertiary alicyclic amines) is 1. The third kappa shape index (κ3) is 5.04. The first-order chi connectivity index (χ1) is 11.7. The van der Waals surface area contributed by atoms with Crippen LogP contribution in [0.3, 0.4) is 0 Å². The lowest BCUT2D eigenvalue weighted by molar-refractivity contribution is 0.176. The van der Waals surface area contributed by atoms with E-state index in [0.717, 1.165) is 32.5 Å². The Balaban J connectivity index is 1.35. The fourth-order valence-corrected chi connectivity index (χ4v) is 3.59. The van der Waals surface area contributed by atoms with E-state index in [4.69, 9.17) is 0 Å². The number of carbonyl (C=O) groups is 1. The lowest BCUT2D eigenvalue weighted by Gasteiger charge is -2.31. The van der Waals surface area contributed by atoms with Gasteiger partial charge in [0.25, 0.3) is 0 Å². The number of hydrogen-bond donors (Lipinski definition) is 2. The van der Waals surface area contributed by atoms with Gasteiger partial charge in [0.05, 0.1) is 0 Å². The number of urea groups is 1. The van der Waals surface area contributed by atoms with E-state index in [9.17, 15) is 9.18 Å². The molecule has 1 aliphatic rings. The Morgan fingerprint density at radius 2 is 1.96 bits per heavy atom. The molecule has 2 N–H and O–H groups in total. The largest absolute Gasteiger partial charge is 0.338 e. The molecule has 1 saturated heterocycles. The first kappa shape index (κ1) is 16.9. The number of anilines is 1. The number of nitrogens with one attached hydrogen (secondary N) is 2. The van der Waals surface area contributed by atoms with Gasteiger partial charge in [0.1, 0.15) is 5.82 Å². The highest BCUT2D eigenvalue weighted by Crippen LogP contribution is 2.19. The summed E-state index contributed by atoms with van der Waals surface area (Å²) in [7, 11) is 0. The lowest BCUT2D eigenvalue weighted by atomic mass is 9.96. The van der Waals surface area contributed by atoms with Gasteiger partial charge < -0.3 is 10.6 Å². The molecule has 2 aromatic rings. The molecule has 128 valence electrons. The van der Waals surface area contributed by atoms with Crippen molar-refractivity contribution in [1.29, 1.82) is 0 Å². The number of nitrogens with zero attached hydrogens (tertiary/aromatic N) is 1. The Morgan fingerprint density at radius 3 is 2.62 bits per heavy atom. The average molecular weight is 347 g/mol. The quantitative estimate of drug-likeness (QED) is 0.861. The average Bonchev–Trinajstić information content (AvgIpc) is 3.09. The zero-order valence-corrected chi connectivity index (χ0v) is 14.3. The van der Waals surface area contributed by atoms with Crippen molar-refractivity contribution in [2.45, 2.75) is 19.4 Å². The highest BCUT2D eigenvalue weighted by Gasteiger charge is 2.19. The summed E-state index contributed by atoms with van der Waals surface area (Å²) < 4.78 is 12.8. The third-order valence-electron chi connectivity index (χ3n) is 4.35. The van der Waals surface area contributed by atoms with E-state index in [2.05, 4.69) is 32.4 Å². The number of piperidine rings is 1. The van der Waals surface area contributed by atoms with Crippen LogP contribution in [0.5, 0.6) is 0 Å². The van der Waals surface area contributed by atoms with Crippen LogP contribution in [0.15, 0.2) is 41.1 Å². The fourth-order valence-electron chi connectivity index (χ4n) is 2.94. The minimum absolute atomic E-state index is 0.234. The van der Waals surface area contributed by atoms with E-state index < -0.39 is 0 Å². The molecule has 1 fully saturated rings. The van der Waals surface area contributed by atoms with E-state index in [1.165, 1.54) is 17.7 Å². The topological polar surface area (TPSA) is 44.4 Å². The molecule has 0 saturated carbocycles. The maximum absolute atomic E-state index is 12.8. The van der Waals surface area contributed by atoms with Gasteiger partial charge in [-0.25, -0.2) is 9.18 Å². The van der Waals surface area contributed by atoms with Crippen molar-refractivity contribution in [3.63, 3.8) is 0 Å². The number of rotatable bonds is 5. The van der Waals surface area contributed by atoms with Crippen LogP contribution in [0.25, 0.3) is 0 Å². The van der Waals surface area contributed by atoms with E-state index in [1.54, 1.807) is 23.5 Å². The Labute approximate surface area is 145 Å². The van der Waals surface area contributed by atoms with Crippen LogP contribution < -0.4 is 10.6 Å². The van der Waals surface area contributed by atoms with Gasteiger partial charge in [-0.1, -0.05) is 0 Å². The Bertz CT molecular complexity index is 637. The Hall–Kier alpha value is -1.92. The van der Waals surface area contributed by atoms with Crippen LogP contribution in [-0.2, 0) is 6.54 Å². The summed E-state index contributed by atoms with van der Waals surface area (Å²) in [5.41, 5.74) is 1.98. The second kappa shape index (κ2) is 8.26. The minimum Gasteiger partial charge on any atom is -0.338 e. The van der Waals surface area contributed by atoms with Crippen molar-refractivity contribution in [3.8, 4) is 0 Å². The maximum Gasteiger partial charge on any atom is 0.319 e. The van der Waals surface area contributed by atoms with Crippen molar-refractivity contribution in [2.75, 3.05) is 25.0 Å². The van der Waals surface area contributed by atoms with Gasteiger partial charge in [0.2, 0.25) is 0 Å². The van der Waals surface area contributed by atoms with Crippen molar-refractivity contribution in [1.82, 2.24) is 10.2 Å². The number of halogens is 1. The number of benzene rings is 1. The van der Waals surface area contributed by atoms with Crippen molar-refractivity contribution in [2.24, 2.45) is 5.92 Å². The third-order valence-corrected chi connectivity index (χ3v) is 5.08. The molecule has 24 heavy (non-hydrogen) atoms. The number of thiophene rings is 1. The minimum atomic E-state index is -0.310. The molecular formula is C18H22FN3OS. The monoisotopic (exact) mass is 347 g/mol. The van der Waals surface area contributed by atoms with Gasteiger partial charge in [-0.05, 0) is 78.5 Å². The van der Waals surface area contributed by atoms with Crippen LogP contribution in [0, 0.1) is 11.7 Å². The zero-order valence-electron chi connectivity index (χ0n) is 13.5. The van der Waals surface area contributed by atoms with Crippen LogP contribution >= 0.6 is 11.3 Å². The lowest BCUT2D eigenvalue weighted by Crippen LogP contribution is -2.39. The van der Waals surface area contributed by atoms with Crippen LogP contribution in [0.1, 0.15) is 18.4 Å². The number of amides is 2.